The maximum absolute atomic E-state index is 8.95. The van der Waals surface area contributed by atoms with Gasteiger partial charge in [-0.3, -0.25) is 0 Å². The van der Waals surface area contributed by atoms with Gasteiger partial charge in [-0.15, -0.1) is 10.2 Å². The molecular formula is C17H15N5O2. The number of H-pyrrole nitrogens is 1. The number of rotatable bonds is 5. The van der Waals surface area contributed by atoms with E-state index in [1.807, 2.05) is 42.5 Å². The van der Waals surface area contributed by atoms with E-state index in [0.29, 0.717) is 24.7 Å². The summed E-state index contributed by atoms with van der Waals surface area (Å²) in [5, 5.41) is 26.1. The molecule has 0 unspecified atom stereocenters. The number of aromatic amines is 1. The molecule has 2 heterocycles. The second kappa shape index (κ2) is 6.21. The first-order valence-electron chi connectivity index (χ1n) is 7.67. The van der Waals surface area contributed by atoms with Gasteiger partial charge in [-0.2, -0.15) is 5.21 Å². The summed E-state index contributed by atoms with van der Waals surface area (Å²) in [7, 11) is 0. The number of hydrogen-bond donors (Lipinski definition) is 2. The van der Waals surface area contributed by atoms with E-state index in [2.05, 4.69) is 25.6 Å². The fraction of sp³-hybridized carbons (Fsp3) is 0.176. The smallest absolute Gasteiger partial charge is 0.221 e. The number of hydrogen-bond acceptors (Lipinski definition) is 6. The first-order chi connectivity index (χ1) is 11.9. The number of fused-ring (bicyclic) bond motifs is 3. The normalized spacial score (nSPS) is 11.2. The Kier molecular flexibility index (Phi) is 3.76. The summed E-state index contributed by atoms with van der Waals surface area (Å²) >= 11 is 0. The Morgan fingerprint density at radius 3 is 2.71 bits per heavy atom. The predicted molar refractivity (Wildman–Crippen MR) is 89.6 cm³/mol. The van der Waals surface area contributed by atoms with Gasteiger partial charge in [0.1, 0.15) is 0 Å². The van der Waals surface area contributed by atoms with Crippen molar-refractivity contribution >= 4 is 21.7 Å². The maximum Gasteiger partial charge on any atom is 0.221 e. The van der Waals surface area contributed by atoms with Crippen LogP contribution in [0.4, 0.5) is 0 Å². The van der Waals surface area contributed by atoms with Crippen LogP contribution in [-0.4, -0.2) is 43.9 Å². The second-order valence-electron chi connectivity index (χ2n) is 5.36. The van der Waals surface area contributed by atoms with Crippen molar-refractivity contribution in [2.45, 2.75) is 6.42 Å². The van der Waals surface area contributed by atoms with Gasteiger partial charge in [-0.25, -0.2) is 4.98 Å². The van der Waals surface area contributed by atoms with E-state index in [1.54, 1.807) is 0 Å². The third kappa shape index (κ3) is 2.55. The minimum absolute atomic E-state index is 0.0908. The highest BCUT2D eigenvalue weighted by molar-refractivity contribution is 6.08. The standard InChI is InChI=1S/C17H15N5O2/c23-8-3-9-24-17-14-5-2-1-4-12(14)13-7-6-11(10-15(13)18-17)16-19-21-22-20-16/h1-2,4-7,10,23H,3,8-9H2,(H,19,20,21,22). The van der Waals surface area contributed by atoms with E-state index < -0.39 is 0 Å². The molecule has 0 saturated heterocycles. The molecule has 0 spiro atoms. The number of aromatic nitrogens is 5. The second-order valence-corrected chi connectivity index (χ2v) is 5.36. The van der Waals surface area contributed by atoms with Crippen molar-refractivity contribution in [3.05, 3.63) is 42.5 Å². The van der Waals surface area contributed by atoms with Gasteiger partial charge in [0.25, 0.3) is 0 Å². The fourth-order valence-electron chi connectivity index (χ4n) is 2.69. The number of aliphatic hydroxyl groups is 1. The van der Waals surface area contributed by atoms with Crippen molar-refractivity contribution < 1.29 is 9.84 Å². The molecule has 0 fully saturated rings. The van der Waals surface area contributed by atoms with Gasteiger partial charge in [-0.1, -0.05) is 30.3 Å². The summed E-state index contributed by atoms with van der Waals surface area (Å²) < 4.78 is 5.78. The molecule has 7 heteroatoms. The average molecular weight is 321 g/mol. The number of ether oxygens (including phenoxy) is 1. The van der Waals surface area contributed by atoms with Crippen LogP contribution >= 0.6 is 0 Å². The Labute approximate surface area is 137 Å². The molecule has 0 saturated carbocycles. The molecule has 2 aromatic heterocycles. The predicted octanol–water partition coefficient (Wildman–Crippen LogP) is 2.33. The van der Waals surface area contributed by atoms with Crippen LogP contribution in [0, 0.1) is 0 Å². The van der Waals surface area contributed by atoms with Gasteiger partial charge in [0, 0.05) is 29.4 Å². The molecule has 0 atom stereocenters. The lowest BCUT2D eigenvalue weighted by Gasteiger charge is -2.11. The van der Waals surface area contributed by atoms with Crippen molar-refractivity contribution in [3.63, 3.8) is 0 Å². The summed E-state index contributed by atoms with van der Waals surface area (Å²) in [5.41, 5.74) is 1.63. The van der Waals surface area contributed by atoms with Crippen LogP contribution < -0.4 is 4.74 Å². The minimum atomic E-state index is 0.0908. The molecule has 4 rings (SSSR count). The molecule has 4 aromatic rings. The summed E-state index contributed by atoms with van der Waals surface area (Å²) in [5.74, 6) is 1.09. The molecule has 0 aliphatic heterocycles. The third-order valence-corrected chi connectivity index (χ3v) is 3.81. The highest BCUT2D eigenvalue weighted by Crippen LogP contribution is 2.32. The lowest BCUT2D eigenvalue weighted by molar-refractivity contribution is 0.231. The minimum Gasteiger partial charge on any atom is -0.477 e. The van der Waals surface area contributed by atoms with Crippen LogP contribution in [0.1, 0.15) is 6.42 Å². The van der Waals surface area contributed by atoms with Crippen LogP contribution in [0.3, 0.4) is 0 Å². The Balaban J connectivity index is 1.89. The van der Waals surface area contributed by atoms with Gasteiger partial charge < -0.3 is 9.84 Å². The molecule has 2 N–H and O–H groups in total. The van der Waals surface area contributed by atoms with Gasteiger partial charge in [0.15, 0.2) is 0 Å². The van der Waals surface area contributed by atoms with Crippen molar-refractivity contribution in [3.8, 4) is 17.3 Å². The van der Waals surface area contributed by atoms with Crippen molar-refractivity contribution in [1.29, 1.82) is 0 Å². The fourth-order valence-corrected chi connectivity index (χ4v) is 2.69. The zero-order valence-corrected chi connectivity index (χ0v) is 12.8. The molecule has 7 nitrogen and oxygen atoms in total. The quantitative estimate of drug-likeness (QED) is 0.432. The van der Waals surface area contributed by atoms with Crippen molar-refractivity contribution in [2.24, 2.45) is 0 Å². The van der Waals surface area contributed by atoms with Gasteiger partial charge in [0.05, 0.1) is 12.1 Å². The first kappa shape index (κ1) is 14.5. The maximum atomic E-state index is 8.95. The molecular weight excluding hydrogens is 306 g/mol. The summed E-state index contributed by atoms with van der Waals surface area (Å²) in [6, 6.07) is 13.9. The van der Waals surface area contributed by atoms with Crippen molar-refractivity contribution in [2.75, 3.05) is 13.2 Å². The molecule has 0 bridgehead atoms. The van der Waals surface area contributed by atoms with E-state index in [4.69, 9.17) is 9.84 Å². The number of benzene rings is 2. The summed E-state index contributed by atoms with van der Waals surface area (Å²) in [4.78, 5) is 4.66. The molecule has 0 radical (unpaired) electrons. The topological polar surface area (TPSA) is 96.8 Å². The van der Waals surface area contributed by atoms with Crippen LogP contribution in [0.25, 0.3) is 33.1 Å². The lowest BCUT2D eigenvalue weighted by atomic mass is 10.0. The van der Waals surface area contributed by atoms with Gasteiger partial charge >= 0.3 is 0 Å². The van der Waals surface area contributed by atoms with Crippen LogP contribution in [0.15, 0.2) is 42.5 Å². The highest BCUT2D eigenvalue weighted by Gasteiger charge is 2.11. The third-order valence-electron chi connectivity index (χ3n) is 3.81. The summed E-state index contributed by atoms with van der Waals surface area (Å²) in [6.45, 7) is 0.511. The van der Waals surface area contributed by atoms with Gasteiger partial charge in [-0.05, 0) is 22.7 Å². The van der Waals surface area contributed by atoms with E-state index in [0.717, 1.165) is 27.2 Å². The molecule has 0 amide bonds. The lowest BCUT2D eigenvalue weighted by Crippen LogP contribution is -2.02. The largest absolute Gasteiger partial charge is 0.477 e. The number of nitrogens with zero attached hydrogens (tertiary/aromatic N) is 4. The Morgan fingerprint density at radius 2 is 1.92 bits per heavy atom. The van der Waals surface area contributed by atoms with Gasteiger partial charge in [0.2, 0.25) is 11.7 Å². The number of nitrogens with one attached hydrogen (secondary N) is 1. The zero-order chi connectivity index (χ0) is 16.4. The summed E-state index contributed by atoms with van der Waals surface area (Å²) in [6.07, 6.45) is 0.566. The van der Waals surface area contributed by atoms with Crippen molar-refractivity contribution in [1.82, 2.24) is 25.6 Å². The van der Waals surface area contributed by atoms with Crippen LogP contribution in [0.2, 0.25) is 0 Å². The molecule has 120 valence electrons. The molecule has 0 aliphatic carbocycles. The number of pyridine rings is 1. The Bertz CT molecular complexity index is 985. The average Bonchev–Trinajstić information content (AvgIpc) is 3.16. The highest BCUT2D eigenvalue weighted by atomic mass is 16.5. The van der Waals surface area contributed by atoms with Crippen LogP contribution in [-0.2, 0) is 0 Å². The van der Waals surface area contributed by atoms with E-state index >= 15 is 0 Å². The van der Waals surface area contributed by atoms with E-state index in [9.17, 15) is 0 Å². The number of tetrazole rings is 1. The molecule has 2 aromatic carbocycles. The first-order valence-corrected chi connectivity index (χ1v) is 7.67. The monoisotopic (exact) mass is 321 g/mol. The Hall–Kier alpha value is -3.06. The SMILES string of the molecule is OCCCOc1nc2cc(-c3nn[nH]n3)ccc2c2ccccc12. The van der Waals surface area contributed by atoms with Crippen LogP contribution in [0.5, 0.6) is 5.88 Å². The van der Waals surface area contributed by atoms with E-state index in [1.165, 1.54) is 0 Å². The molecule has 24 heavy (non-hydrogen) atoms. The number of aliphatic hydroxyl groups excluding tert-OH is 1. The molecule has 0 aliphatic rings. The van der Waals surface area contributed by atoms with E-state index in [-0.39, 0.29) is 6.61 Å². The Morgan fingerprint density at radius 1 is 1.04 bits per heavy atom. The zero-order valence-electron chi connectivity index (χ0n) is 12.8.